The molecular formula is C16H19N3. The molecule has 0 N–H and O–H groups in total. The third kappa shape index (κ3) is 1.71. The summed E-state index contributed by atoms with van der Waals surface area (Å²) in [5.41, 5.74) is 2.17. The van der Waals surface area contributed by atoms with Crippen molar-refractivity contribution in [1.82, 2.24) is 9.97 Å². The number of hydrogen-bond acceptors (Lipinski definition) is 3. The Morgan fingerprint density at radius 3 is 2.95 bits per heavy atom. The van der Waals surface area contributed by atoms with Crippen molar-refractivity contribution in [3.8, 4) is 0 Å². The first-order valence-electron chi connectivity index (χ1n) is 7.33. The Morgan fingerprint density at radius 1 is 1.11 bits per heavy atom. The van der Waals surface area contributed by atoms with Crippen LogP contribution in [-0.4, -0.2) is 22.6 Å². The number of aromatic nitrogens is 2. The number of nitrogens with zero attached hydrogens (tertiary/aromatic N) is 3. The predicted octanol–water partition coefficient (Wildman–Crippen LogP) is 3.32. The maximum atomic E-state index is 4.79. The van der Waals surface area contributed by atoms with E-state index in [0.717, 1.165) is 29.6 Å². The lowest BCUT2D eigenvalue weighted by atomic mass is 10.1. The van der Waals surface area contributed by atoms with Crippen LogP contribution < -0.4 is 4.90 Å². The number of fused-ring (bicyclic) bond motifs is 2. The smallest absolute Gasteiger partial charge is 0.226 e. The lowest BCUT2D eigenvalue weighted by Gasteiger charge is -2.24. The van der Waals surface area contributed by atoms with E-state index in [1.807, 2.05) is 0 Å². The Bertz CT molecular complexity index is 622. The number of para-hydroxylation sites is 1. The van der Waals surface area contributed by atoms with Gasteiger partial charge in [-0.15, -0.1) is 0 Å². The van der Waals surface area contributed by atoms with E-state index >= 15 is 0 Å². The monoisotopic (exact) mass is 253 g/mol. The summed E-state index contributed by atoms with van der Waals surface area (Å²) in [5, 5.41) is 1.17. The van der Waals surface area contributed by atoms with Gasteiger partial charge in [0.25, 0.3) is 0 Å². The van der Waals surface area contributed by atoms with Gasteiger partial charge in [-0.1, -0.05) is 24.6 Å². The summed E-state index contributed by atoms with van der Waals surface area (Å²) in [6.07, 6.45) is 5.41. The average Bonchev–Trinajstić information content (AvgIpc) is 3.01. The second-order valence-electron chi connectivity index (χ2n) is 5.87. The van der Waals surface area contributed by atoms with Gasteiger partial charge in [0.1, 0.15) is 0 Å². The largest absolute Gasteiger partial charge is 0.338 e. The Hall–Kier alpha value is -1.64. The lowest BCUT2D eigenvalue weighted by Crippen LogP contribution is -2.31. The molecule has 2 atom stereocenters. The van der Waals surface area contributed by atoms with E-state index in [2.05, 4.69) is 36.1 Å². The number of hydrogen-bond donors (Lipinski definition) is 0. The third-order valence-corrected chi connectivity index (χ3v) is 4.80. The van der Waals surface area contributed by atoms with Crippen molar-refractivity contribution in [2.45, 2.75) is 38.6 Å². The Morgan fingerprint density at radius 2 is 2.00 bits per heavy atom. The molecule has 1 saturated carbocycles. The van der Waals surface area contributed by atoms with Gasteiger partial charge in [0.05, 0.1) is 11.2 Å². The Kier molecular flexibility index (Phi) is 2.47. The molecule has 19 heavy (non-hydrogen) atoms. The van der Waals surface area contributed by atoms with Crippen LogP contribution in [0.15, 0.2) is 24.3 Å². The van der Waals surface area contributed by atoms with Crippen molar-refractivity contribution < 1.29 is 0 Å². The molecule has 0 spiro atoms. The second kappa shape index (κ2) is 4.19. The van der Waals surface area contributed by atoms with E-state index in [9.17, 15) is 0 Å². The summed E-state index contributed by atoms with van der Waals surface area (Å²) < 4.78 is 0. The van der Waals surface area contributed by atoms with Gasteiger partial charge in [-0.05, 0) is 38.2 Å². The van der Waals surface area contributed by atoms with E-state index < -0.39 is 0 Å². The molecule has 2 aliphatic rings. The van der Waals surface area contributed by atoms with Crippen LogP contribution in [0.1, 0.15) is 31.4 Å². The fraction of sp³-hybridized carbons (Fsp3) is 0.500. The van der Waals surface area contributed by atoms with Crippen LogP contribution >= 0.6 is 0 Å². The van der Waals surface area contributed by atoms with Crippen LogP contribution in [0.2, 0.25) is 0 Å². The third-order valence-electron chi connectivity index (χ3n) is 4.80. The molecule has 2 heterocycles. The standard InChI is InChI=1S/C16H19N3/c1-11-13-6-2-3-7-14(13)18-16(17-11)19-10-9-12-5-4-8-15(12)19/h2-3,6-7,12,15H,4-5,8-10H2,1H3. The van der Waals surface area contributed by atoms with Gasteiger partial charge in [0, 0.05) is 18.0 Å². The van der Waals surface area contributed by atoms with Gasteiger partial charge >= 0.3 is 0 Å². The quantitative estimate of drug-likeness (QED) is 0.780. The van der Waals surface area contributed by atoms with Crippen LogP contribution in [0.4, 0.5) is 5.95 Å². The summed E-state index contributed by atoms with van der Waals surface area (Å²) in [6.45, 7) is 3.23. The first kappa shape index (κ1) is 11.2. The highest BCUT2D eigenvalue weighted by Crippen LogP contribution is 2.39. The van der Waals surface area contributed by atoms with Crippen molar-refractivity contribution in [2.24, 2.45) is 5.92 Å². The first-order valence-corrected chi connectivity index (χ1v) is 7.33. The van der Waals surface area contributed by atoms with Crippen LogP contribution in [0, 0.1) is 12.8 Å². The average molecular weight is 253 g/mol. The fourth-order valence-corrected chi connectivity index (χ4v) is 3.83. The lowest BCUT2D eigenvalue weighted by molar-refractivity contribution is 0.539. The molecule has 1 aliphatic heterocycles. The fourth-order valence-electron chi connectivity index (χ4n) is 3.83. The molecule has 2 unspecified atom stereocenters. The van der Waals surface area contributed by atoms with E-state index in [-0.39, 0.29) is 0 Å². The number of aryl methyl sites for hydroxylation is 1. The maximum Gasteiger partial charge on any atom is 0.226 e. The van der Waals surface area contributed by atoms with E-state index in [1.54, 1.807) is 0 Å². The Balaban J connectivity index is 1.79. The summed E-state index contributed by atoms with van der Waals surface area (Å²) >= 11 is 0. The Labute approximate surface area is 113 Å². The van der Waals surface area contributed by atoms with Crippen LogP contribution in [0.3, 0.4) is 0 Å². The van der Waals surface area contributed by atoms with Crippen molar-refractivity contribution in [1.29, 1.82) is 0 Å². The highest BCUT2D eigenvalue weighted by atomic mass is 15.3. The predicted molar refractivity (Wildman–Crippen MR) is 77.4 cm³/mol. The summed E-state index contributed by atoms with van der Waals surface area (Å²) in [4.78, 5) is 12.0. The van der Waals surface area contributed by atoms with Crippen molar-refractivity contribution in [3.63, 3.8) is 0 Å². The molecule has 2 aromatic rings. The van der Waals surface area contributed by atoms with Crippen molar-refractivity contribution in [2.75, 3.05) is 11.4 Å². The van der Waals surface area contributed by atoms with Crippen molar-refractivity contribution >= 4 is 16.9 Å². The molecular weight excluding hydrogens is 234 g/mol. The molecule has 0 amide bonds. The molecule has 4 rings (SSSR count). The minimum Gasteiger partial charge on any atom is -0.338 e. The molecule has 1 aromatic carbocycles. The van der Waals surface area contributed by atoms with Crippen LogP contribution in [0.25, 0.3) is 10.9 Å². The number of rotatable bonds is 1. The molecule has 1 saturated heterocycles. The molecule has 2 fully saturated rings. The topological polar surface area (TPSA) is 29.0 Å². The highest BCUT2D eigenvalue weighted by Gasteiger charge is 2.38. The first-order chi connectivity index (χ1) is 9.33. The number of anilines is 1. The zero-order valence-corrected chi connectivity index (χ0v) is 11.3. The number of benzene rings is 1. The van der Waals surface area contributed by atoms with Gasteiger partial charge < -0.3 is 4.90 Å². The molecule has 0 bridgehead atoms. The van der Waals surface area contributed by atoms with Gasteiger partial charge in [-0.25, -0.2) is 9.97 Å². The van der Waals surface area contributed by atoms with Gasteiger partial charge in [0.2, 0.25) is 5.95 Å². The van der Waals surface area contributed by atoms with E-state index in [1.165, 1.54) is 31.1 Å². The minimum absolute atomic E-state index is 0.695. The summed E-state index contributed by atoms with van der Waals surface area (Å²) in [7, 11) is 0. The summed E-state index contributed by atoms with van der Waals surface area (Å²) in [6, 6.07) is 9.01. The molecule has 3 heteroatoms. The highest BCUT2D eigenvalue weighted by molar-refractivity contribution is 5.81. The maximum absolute atomic E-state index is 4.79. The van der Waals surface area contributed by atoms with Gasteiger partial charge in [0.15, 0.2) is 0 Å². The van der Waals surface area contributed by atoms with E-state index in [4.69, 9.17) is 9.97 Å². The van der Waals surface area contributed by atoms with Crippen LogP contribution in [-0.2, 0) is 0 Å². The van der Waals surface area contributed by atoms with E-state index in [0.29, 0.717) is 6.04 Å². The summed E-state index contributed by atoms with van der Waals surface area (Å²) in [5.74, 6) is 1.83. The minimum atomic E-state index is 0.695. The zero-order chi connectivity index (χ0) is 12.8. The molecule has 0 radical (unpaired) electrons. The second-order valence-corrected chi connectivity index (χ2v) is 5.87. The van der Waals surface area contributed by atoms with Crippen molar-refractivity contribution in [3.05, 3.63) is 30.0 Å². The van der Waals surface area contributed by atoms with Gasteiger partial charge in [-0.2, -0.15) is 0 Å². The van der Waals surface area contributed by atoms with Crippen LogP contribution in [0.5, 0.6) is 0 Å². The molecule has 1 aliphatic carbocycles. The molecule has 1 aromatic heterocycles. The van der Waals surface area contributed by atoms with Gasteiger partial charge in [-0.3, -0.25) is 0 Å². The molecule has 3 nitrogen and oxygen atoms in total. The SMILES string of the molecule is Cc1nc(N2CCC3CCCC32)nc2ccccc12. The zero-order valence-electron chi connectivity index (χ0n) is 11.3. The normalized spacial score (nSPS) is 26.1. The molecule has 98 valence electrons.